The minimum atomic E-state index is -0.944. The monoisotopic (exact) mass is 561 g/mol. The number of ether oxygens (including phenoxy) is 1. The van der Waals surface area contributed by atoms with Gasteiger partial charge in [-0.15, -0.1) is 0 Å². The lowest BCUT2D eigenvalue weighted by Gasteiger charge is -2.34. The summed E-state index contributed by atoms with van der Waals surface area (Å²) in [7, 11) is 0. The van der Waals surface area contributed by atoms with Crippen molar-refractivity contribution in [2.24, 2.45) is 0 Å². The number of amides is 3. The van der Waals surface area contributed by atoms with Crippen LogP contribution in [0.5, 0.6) is 0 Å². The summed E-state index contributed by atoms with van der Waals surface area (Å²) in [5.41, 5.74) is 3.23. The Kier molecular flexibility index (Phi) is 11.5. The van der Waals surface area contributed by atoms with E-state index < -0.39 is 23.8 Å². The van der Waals surface area contributed by atoms with Crippen molar-refractivity contribution in [3.8, 4) is 0 Å². The first-order valence-corrected chi connectivity index (χ1v) is 14.5. The molecule has 0 bridgehead atoms. The minimum absolute atomic E-state index is 0.248. The number of alkyl carbamates (subject to hydrolysis) is 1. The lowest BCUT2D eigenvalue weighted by molar-refractivity contribution is -0.140. The molecule has 2 rings (SSSR count). The second-order valence-corrected chi connectivity index (χ2v) is 11.7. The van der Waals surface area contributed by atoms with E-state index in [1.165, 1.54) is 4.90 Å². The molecule has 0 aliphatic carbocycles. The van der Waals surface area contributed by atoms with Crippen molar-refractivity contribution in [2.75, 3.05) is 23.9 Å². The van der Waals surface area contributed by atoms with Crippen molar-refractivity contribution >= 4 is 47.0 Å². The van der Waals surface area contributed by atoms with Crippen molar-refractivity contribution in [3.63, 3.8) is 0 Å². The van der Waals surface area contributed by atoms with Gasteiger partial charge in [-0.1, -0.05) is 47.5 Å². The minimum Gasteiger partial charge on any atom is -0.444 e. The molecule has 0 saturated carbocycles. The lowest BCUT2D eigenvalue weighted by Crippen LogP contribution is -2.52. The third-order valence-corrected chi connectivity index (χ3v) is 6.93. The van der Waals surface area contributed by atoms with Crippen LogP contribution in [0.2, 0.25) is 5.02 Å². The molecule has 2 N–H and O–H groups in total. The van der Waals surface area contributed by atoms with Gasteiger partial charge in [0.05, 0.1) is 10.7 Å². The fraction of sp³-hybridized carbons (Fsp3) is 0.483. The summed E-state index contributed by atoms with van der Waals surface area (Å²) in [4.78, 5) is 42.1. The van der Waals surface area contributed by atoms with Gasteiger partial charge in [-0.3, -0.25) is 9.59 Å². The summed E-state index contributed by atoms with van der Waals surface area (Å²) in [6.07, 6.45) is 1.65. The fourth-order valence-corrected chi connectivity index (χ4v) is 4.91. The molecule has 0 aliphatic heterocycles. The van der Waals surface area contributed by atoms with Gasteiger partial charge in [-0.25, -0.2) is 4.79 Å². The van der Waals surface area contributed by atoms with Gasteiger partial charge in [0.15, 0.2) is 0 Å². The van der Waals surface area contributed by atoms with Gasteiger partial charge in [0.2, 0.25) is 5.91 Å². The highest BCUT2D eigenvalue weighted by atomic mass is 35.5. The number of para-hydroxylation sites is 1. The van der Waals surface area contributed by atoms with E-state index >= 15 is 0 Å². The normalized spacial score (nSPS) is 12.9. The maximum Gasteiger partial charge on any atom is 0.408 e. The Balaban J connectivity index is 2.52. The zero-order chi connectivity index (χ0) is 28.6. The second kappa shape index (κ2) is 13.9. The number of nitrogens with one attached hydrogen (secondary N) is 2. The SMILES string of the molecule is CCN(C(=O)C(CCSC)NC(=O)OC(C)(C)C)C(C(=O)Nc1c(C)cccc1Cl)c1ccc(C)cc1C. The molecular formula is C29H40ClN3O4S. The molecule has 7 nitrogen and oxygen atoms in total. The van der Waals surface area contributed by atoms with Crippen LogP contribution in [0.1, 0.15) is 62.4 Å². The van der Waals surface area contributed by atoms with Crippen LogP contribution in [0.15, 0.2) is 36.4 Å². The zero-order valence-electron chi connectivity index (χ0n) is 23.6. The number of thioether (sulfide) groups is 1. The summed E-state index contributed by atoms with van der Waals surface area (Å²) in [5, 5.41) is 6.12. The molecule has 208 valence electrons. The first kappa shape index (κ1) is 31.5. The predicted molar refractivity (Wildman–Crippen MR) is 157 cm³/mol. The number of hydrogen-bond donors (Lipinski definition) is 2. The Labute approximate surface area is 236 Å². The molecule has 0 spiro atoms. The number of nitrogens with zero attached hydrogens (tertiary/aromatic N) is 1. The number of carbonyl (C=O) groups is 3. The smallest absolute Gasteiger partial charge is 0.408 e. The highest BCUT2D eigenvalue weighted by molar-refractivity contribution is 7.98. The highest BCUT2D eigenvalue weighted by Gasteiger charge is 2.36. The van der Waals surface area contributed by atoms with Gasteiger partial charge in [0, 0.05) is 6.54 Å². The number of halogens is 1. The third kappa shape index (κ3) is 8.67. The molecule has 2 unspecified atom stereocenters. The molecule has 0 aliphatic rings. The molecule has 2 aromatic carbocycles. The Morgan fingerprint density at radius 1 is 1.08 bits per heavy atom. The standard InChI is InChI=1S/C29H40ClN3O4S/c1-9-33(27(35)23(15-16-38-8)31-28(36)37-29(5,6)7)25(21-14-13-18(2)17-20(21)4)26(34)32-24-19(3)11-10-12-22(24)30/h10-14,17,23,25H,9,15-16H2,1-8H3,(H,31,36)(H,32,34). The summed E-state index contributed by atoms with van der Waals surface area (Å²) in [6.45, 7) is 13.1. The number of carbonyl (C=O) groups excluding carboxylic acids is 3. The highest BCUT2D eigenvalue weighted by Crippen LogP contribution is 2.31. The lowest BCUT2D eigenvalue weighted by atomic mass is 9.96. The van der Waals surface area contributed by atoms with Crippen LogP contribution in [0.3, 0.4) is 0 Å². The van der Waals surface area contributed by atoms with Crippen LogP contribution < -0.4 is 10.6 Å². The van der Waals surface area contributed by atoms with E-state index in [4.69, 9.17) is 16.3 Å². The zero-order valence-corrected chi connectivity index (χ0v) is 25.2. The molecule has 0 radical (unpaired) electrons. The number of benzene rings is 2. The van der Waals surface area contributed by atoms with Crippen LogP contribution in [0.25, 0.3) is 0 Å². The van der Waals surface area contributed by atoms with Gasteiger partial charge in [0.25, 0.3) is 5.91 Å². The summed E-state index contributed by atoms with van der Waals surface area (Å²) in [5.74, 6) is -0.101. The van der Waals surface area contributed by atoms with Gasteiger partial charge >= 0.3 is 6.09 Å². The summed E-state index contributed by atoms with van der Waals surface area (Å²) in [6, 6.07) is 9.37. The van der Waals surface area contributed by atoms with E-state index in [1.54, 1.807) is 38.6 Å². The Morgan fingerprint density at radius 2 is 1.76 bits per heavy atom. The van der Waals surface area contributed by atoms with Gasteiger partial charge in [-0.2, -0.15) is 11.8 Å². The molecule has 3 amide bonds. The van der Waals surface area contributed by atoms with Gasteiger partial charge < -0.3 is 20.3 Å². The largest absolute Gasteiger partial charge is 0.444 e. The number of aryl methyl sites for hydroxylation is 3. The maximum absolute atomic E-state index is 14.0. The summed E-state index contributed by atoms with van der Waals surface area (Å²) >= 11 is 7.98. The molecule has 0 aromatic heterocycles. The maximum atomic E-state index is 14.0. The van der Waals surface area contributed by atoms with Gasteiger partial charge in [-0.05, 0) is 89.7 Å². The van der Waals surface area contributed by atoms with Gasteiger partial charge in [0.1, 0.15) is 17.7 Å². The van der Waals surface area contributed by atoms with Crippen molar-refractivity contribution in [3.05, 3.63) is 63.7 Å². The van der Waals surface area contributed by atoms with Crippen molar-refractivity contribution in [1.29, 1.82) is 0 Å². The van der Waals surface area contributed by atoms with Crippen molar-refractivity contribution in [2.45, 2.75) is 72.6 Å². The molecular weight excluding hydrogens is 522 g/mol. The number of likely N-dealkylation sites (N-methyl/N-ethyl adjacent to an activating group) is 1. The predicted octanol–water partition coefficient (Wildman–Crippen LogP) is 6.44. The first-order valence-electron chi connectivity index (χ1n) is 12.7. The topological polar surface area (TPSA) is 87.7 Å². The number of rotatable bonds is 10. The van der Waals surface area contributed by atoms with E-state index in [-0.39, 0.29) is 18.4 Å². The van der Waals surface area contributed by atoms with Crippen molar-refractivity contribution < 1.29 is 19.1 Å². The second-order valence-electron chi connectivity index (χ2n) is 10.3. The Hall–Kier alpha value is -2.71. The van der Waals surface area contributed by atoms with E-state index in [0.717, 1.165) is 16.7 Å². The van der Waals surface area contributed by atoms with Crippen LogP contribution in [0, 0.1) is 20.8 Å². The molecule has 0 fully saturated rings. The molecule has 0 saturated heterocycles. The average molecular weight is 562 g/mol. The van der Waals surface area contributed by atoms with Crippen molar-refractivity contribution in [1.82, 2.24) is 10.2 Å². The number of hydrogen-bond acceptors (Lipinski definition) is 5. The van der Waals surface area contributed by atoms with E-state index in [0.29, 0.717) is 28.4 Å². The van der Waals surface area contributed by atoms with Crippen LogP contribution in [0.4, 0.5) is 10.5 Å². The number of anilines is 1. The van der Waals surface area contributed by atoms with Crippen LogP contribution in [-0.2, 0) is 14.3 Å². The molecule has 38 heavy (non-hydrogen) atoms. The Bertz CT molecular complexity index is 1130. The average Bonchev–Trinajstić information content (AvgIpc) is 2.81. The van der Waals surface area contributed by atoms with E-state index in [1.807, 2.05) is 64.3 Å². The molecule has 0 heterocycles. The molecule has 2 atom stereocenters. The summed E-state index contributed by atoms with van der Waals surface area (Å²) < 4.78 is 5.42. The first-order chi connectivity index (χ1) is 17.8. The van der Waals surface area contributed by atoms with Crippen LogP contribution >= 0.6 is 23.4 Å². The quantitative estimate of drug-likeness (QED) is 0.348. The molecule has 2 aromatic rings. The fourth-order valence-electron chi connectivity index (χ4n) is 4.17. The van der Waals surface area contributed by atoms with E-state index in [2.05, 4.69) is 10.6 Å². The van der Waals surface area contributed by atoms with Crippen LogP contribution in [-0.4, -0.2) is 53.0 Å². The Morgan fingerprint density at radius 3 is 2.32 bits per heavy atom. The third-order valence-electron chi connectivity index (χ3n) is 5.97. The molecule has 9 heteroatoms. The van der Waals surface area contributed by atoms with E-state index in [9.17, 15) is 14.4 Å².